The second kappa shape index (κ2) is 39.7. The number of halogens is 1. The molecular formula is C82H108ClN9O11S2. The lowest BCUT2D eigenvalue weighted by Gasteiger charge is -2.41. The van der Waals surface area contributed by atoms with Crippen LogP contribution in [0.5, 0.6) is 0 Å². The summed E-state index contributed by atoms with van der Waals surface area (Å²) in [6.45, 7) is 24.4. The Morgan fingerprint density at radius 2 is 1.47 bits per heavy atom. The lowest BCUT2D eigenvalue weighted by atomic mass is 9.69. The summed E-state index contributed by atoms with van der Waals surface area (Å²) in [7, 11) is 0. The first-order valence-electron chi connectivity index (χ1n) is 37.2. The molecule has 4 heterocycles. The molecule has 6 aromatic rings. The molecule has 566 valence electrons. The summed E-state index contributed by atoms with van der Waals surface area (Å²) in [5, 5.41) is 24.3. The summed E-state index contributed by atoms with van der Waals surface area (Å²) >= 11 is 9.83. The average Bonchev–Trinajstić information content (AvgIpc) is 1.77. The number of aliphatic hydroxyl groups is 1. The molecule has 5 aromatic carbocycles. The van der Waals surface area contributed by atoms with E-state index in [4.69, 9.17) is 35.3 Å². The summed E-state index contributed by atoms with van der Waals surface area (Å²) in [6.07, 6.45) is 4.21. The van der Waals surface area contributed by atoms with Gasteiger partial charge in [0.1, 0.15) is 25.3 Å². The van der Waals surface area contributed by atoms with E-state index in [0.29, 0.717) is 36.8 Å². The van der Waals surface area contributed by atoms with E-state index in [2.05, 4.69) is 128 Å². The molecule has 23 heteroatoms. The minimum absolute atomic E-state index is 0.0231. The number of amides is 4. The van der Waals surface area contributed by atoms with Crippen molar-refractivity contribution in [3.63, 3.8) is 0 Å². The van der Waals surface area contributed by atoms with E-state index < -0.39 is 35.4 Å². The van der Waals surface area contributed by atoms with Gasteiger partial charge in [0.15, 0.2) is 5.78 Å². The first-order valence-corrected chi connectivity index (χ1v) is 39.5. The van der Waals surface area contributed by atoms with Crippen LogP contribution in [0, 0.1) is 24.7 Å². The summed E-state index contributed by atoms with van der Waals surface area (Å²) in [4.78, 5) is 83.4. The number of hydrogen-bond acceptors (Lipinski definition) is 18. The number of nitrogens with zero attached hydrogens (tertiary/aromatic N) is 5. The first-order chi connectivity index (χ1) is 50.6. The Bertz CT molecular complexity index is 3810. The SMILES string of the molecule is Cc1cc(CNC(=O)c2ccc(N3CCN(CC4=C(c5ccc(Cl)cc5)CCC(C)(CCC(=O)COCCOCCOCCOCC(=O)N[C@H](C(=O)N5C[C@H](O)C[C@H]5C(=O)N[C@@H](C)c5ccc(-c6scnc6C)cc5)C(C)(C)C)C4)CC3)cc2)ccc1N[C@H](CCN1CCOCC1)CSc1ccccc1. The number of thiazole rings is 1. The predicted octanol–water partition coefficient (Wildman–Crippen LogP) is 11.9. The van der Waals surface area contributed by atoms with Crippen molar-refractivity contribution in [1.82, 2.24) is 35.6 Å². The van der Waals surface area contributed by atoms with Crippen LogP contribution in [0.2, 0.25) is 5.02 Å². The van der Waals surface area contributed by atoms with Crippen LogP contribution < -0.4 is 26.2 Å². The van der Waals surface area contributed by atoms with E-state index >= 15 is 0 Å². The number of aromatic nitrogens is 1. The number of benzene rings is 5. The second-order valence-corrected chi connectivity index (χ2v) is 32.1. The van der Waals surface area contributed by atoms with Crippen LogP contribution in [0.1, 0.15) is 124 Å². The monoisotopic (exact) mass is 1490 g/mol. The van der Waals surface area contributed by atoms with Crippen LogP contribution in [-0.2, 0) is 49.4 Å². The van der Waals surface area contributed by atoms with Crippen LogP contribution in [0.4, 0.5) is 11.4 Å². The number of Topliss-reactive ketones (excluding diaryl/α,β-unsaturated/α-hetero) is 1. The third kappa shape index (κ3) is 24.5. The third-order valence-electron chi connectivity index (χ3n) is 20.4. The van der Waals surface area contributed by atoms with Crippen LogP contribution in [-0.4, -0.2) is 209 Å². The molecule has 0 radical (unpaired) electrons. The molecule has 0 bridgehead atoms. The van der Waals surface area contributed by atoms with Gasteiger partial charge < -0.3 is 59.9 Å². The van der Waals surface area contributed by atoms with Crippen LogP contribution >= 0.6 is 34.7 Å². The number of morpholine rings is 1. The minimum Gasteiger partial charge on any atom is -0.391 e. The molecule has 0 saturated carbocycles. The molecule has 4 aliphatic rings. The Morgan fingerprint density at radius 3 is 2.13 bits per heavy atom. The molecule has 20 nitrogen and oxygen atoms in total. The number of rotatable bonds is 37. The van der Waals surface area contributed by atoms with E-state index in [1.165, 1.54) is 26.5 Å². The molecule has 5 N–H and O–H groups in total. The van der Waals surface area contributed by atoms with Crippen molar-refractivity contribution >= 4 is 81.1 Å². The van der Waals surface area contributed by atoms with Crippen LogP contribution in [0.3, 0.4) is 0 Å². The molecule has 1 aliphatic carbocycles. The number of hydrogen-bond donors (Lipinski definition) is 5. The highest BCUT2D eigenvalue weighted by atomic mass is 35.5. The number of ether oxygens (including phenoxy) is 5. The number of carbonyl (C=O) groups excluding carboxylic acids is 5. The Balaban J connectivity index is 0.588. The van der Waals surface area contributed by atoms with Gasteiger partial charge in [0, 0.05) is 117 Å². The van der Waals surface area contributed by atoms with E-state index in [0.717, 1.165) is 148 Å². The van der Waals surface area contributed by atoms with Gasteiger partial charge in [-0.2, -0.15) is 0 Å². The third-order valence-corrected chi connectivity index (χ3v) is 22.8. The fourth-order valence-electron chi connectivity index (χ4n) is 14.2. The van der Waals surface area contributed by atoms with Crippen LogP contribution in [0.25, 0.3) is 16.0 Å². The highest BCUT2D eigenvalue weighted by Gasteiger charge is 2.45. The maximum absolute atomic E-state index is 14.1. The fourth-order valence-corrected chi connectivity index (χ4v) is 16.1. The largest absolute Gasteiger partial charge is 0.391 e. The maximum Gasteiger partial charge on any atom is 0.251 e. The number of thioether (sulfide) groups is 1. The lowest BCUT2D eigenvalue weighted by Crippen LogP contribution is -2.58. The van der Waals surface area contributed by atoms with Gasteiger partial charge in [-0.25, -0.2) is 4.98 Å². The molecule has 6 atom stereocenters. The Kier molecular flexibility index (Phi) is 30.4. The molecule has 0 spiro atoms. The number of aryl methyl sites for hydroxylation is 2. The van der Waals surface area contributed by atoms with E-state index in [1.54, 1.807) is 11.3 Å². The van der Waals surface area contributed by atoms with Crippen molar-refractivity contribution in [2.75, 3.05) is 141 Å². The highest BCUT2D eigenvalue weighted by molar-refractivity contribution is 7.99. The number of allylic oxidation sites excluding steroid dienone is 1. The number of nitrogens with one attached hydrogen (secondary N) is 4. The molecule has 3 aliphatic heterocycles. The van der Waals surface area contributed by atoms with Crippen molar-refractivity contribution in [3.05, 3.63) is 171 Å². The predicted molar refractivity (Wildman–Crippen MR) is 418 cm³/mol. The van der Waals surface area contributed by atoms with Crippen molar-refractivity contribution in [2.24, 2.45) is 10.8 Å². The lowest BCUT2D eigenvalue weighted by molar-refractivity contribution is -0.144. The highest BCUT2D eigenvalue weighted by Crippen LogP contribution is 2.46. The van der Waals surface area contributed by atoms with Crippen molar-refractivity contribution in [2.45, 2.75) is 135 Å². The van der Waals surface area contributed by atoms with Gasteiger partial charge in [0.05, 0.1) is 81.1 Å². The fraction of sp³-hybridized carbons (Fsp3) is 0.512. The van der Waals surface area contributed by atoms with Crippen molar-refractivity contribution in [1.29, 1.82) is 0 Å². The quantitative estimate of drug-likeness (QED) is 0.0181. The zero-order valence-electron chi connectivity index (χ0n) is 62.3. The number of likely N-dealkylation sites (tertiary alicyclic amines) is 1. The minimum atomic E-state index is -0.992. The number of anilines is 2. The normalized spacial score (nSPS) is 19.1. The molecule has 1 aromatic heterocycles. The summed E-state index contributed by atoms with van der Waals surface area (Å²) in [5.41, 5.74) is 13.0. The summed E-state index contributed by atoms with van der Waals surface area (Å²) in [6, 6.07) is 39.2. The van der Waals surface area contributed by atoms with Gasteiger partial charge in [0.2, 0.25) is 17.7 Å². The number of β-amino-alcohol motifs (C(OH)–C–C–N with tert-alkyl or cyclic N) is 1. The Morgan fingerprint density at radius 1 is 0.790 bits per heavy atom. The molecule has 3 saturated heterocycles. The van der Waals surface area contributed by atoms with E-state index in [9.17, 15) is 29.1 Å². The average molecular weight is 1500 g/mol. The molecule has 1 unspecified atom stereocenters. The summed E-state index contributed by atoms with van der Waals surface area (Å²) in [5.74, 6) is -0.405. The Hall–Kier alpha value is -7.06. The maximum atomic E-state index is 14.1. The van der Waals surface area contributed by atoms with Crippen molar-refractivity contribution < 1.29 is 52.8 Å². The van der Waals surface area contributed by atoms with Crippen molar-refractivity contribution in [3.8, 4) is 10.4 Å². The van der Waals surface area contributed by atoms with E-state index in [1.807, 2.05) is 100 Å². The zero-order valence-corrected chi connectivity index (χ0v) is 64.7. The molecule has 3 fully saturated rings. The zero-order chi connectivity index (χ0) is 74.3. The topological polar surface area (TPSA) is 226 Å². The smallest absolute Gasteiger partial charge is 0.251 e. The van der Waals surface area contributed by atoms with Gasteiger partial charge in [-0.1, -0.05) is 112 Å². The first kappa shape index (κ1) is 80.5. The number of carbonyl (C=O) groups is 5. The van der Waals surface area contributed by atoms with Gasteiger partial charge in [-0.05, 0) is 152 Å². The van der Waals surface area contributed by atoms with Gasteiger partial charge in [-0.15, -0.1) is 23.1 Å². The number of piperazine rings is 1. The second-order valence-electron chi connectivity index (χ2n) is 29.7. The number of aliphatic hydroxyl groups excluding tert-OH is 1. The van der Waals surface area contributed by atoms with Crippen LogP contribution in [0.15, 0.2) is 137 Å². The Labute approximate surface area is 634 Å². The van der Waals surface area contributed by atoms with Gasteiger partial charge in [0.25, 0.3) is 5.91 Å². The van der Waals surface area contributed by atoms with E-state index in [-0.39, 0.29) is 87.7 Å². The molecule has 4 amide bonds. The standard InChI is InChI=1S/C82H108ClN9O11S2/c1-57-47-60(13-26-73(57)87-67(29-32-89-37-39-99-40-38-89)55-104-71-11-9-8-10-12-71)50-84-78(96)64-20-24-68(25-21-64)91-35-33-90(34-36-91)51-65-49-82(7,31-28-72(65)62-18-22-66(83)23-19-62)30-27-69(93)53-102-45-43-100-41-42-101-44-46-103-54-75(95)88-77(81(4,5)6)80(98)92-52-70(94)48-74(92)79(97)86-58(2)61-14-16-63(17-15-61)76-59(3)85-56-105-76/h8-26,47,56,58,67,70,74,77,87,94H,27-46,48-55H2,1-7H3,(H,84,96)(H,86,97)(H,88,95)/t58-,67+,70+,74-,77+,82?/m0/s1. The molecule has 105 heavy (non-hydrogen) atoms. The molecular weight excluding hydrogens is 1390 g/mol. The molecule has 10 rings (SSSR count). The number of ketones is 1. The summed E-state index contributed by atoms with van der Waals surface area (Å²) < 4.78 is 28.3. The van der Waals surface area contributed by atoms with Gasteiger partial charge >= 0.3 is 0 Å². The van der Waals surface area contributed by atoms with Gasteiger partial charge in [-0.3, -0.25) is 33.8 Å².